The van der Waals surface area contributed by atoms with Gasteiger partial charge in [-0.15, -0.1) is 24.8 Å². The van der Waals surface area contributed by atoms with Gasteiger partial charge in [0, 0.05) is 12.5 Å². The normalized spacial score (nSPS) is 14.4. The van der Waals surface area contributed by atoms with E-state index in [4.69, 9.17) is 4.74 Å². The number of halogens is 2. The maximum atomic E-state index is 12.4. The molecule has 0 bridgehead atoms. The number of nitrogens with zero attached hydrogens (tertiary/aromatic N) is 1. The van der Waals surface area contributed by atoms with Gasteiger partial charge in [-0.3, -0.25) is 4.79 Å². The van der Waals surface area contributed by atoms with Gasteiger partial charge in [-0.05, 0) is 51.2 Å². The molecule has 1 amide bonds. The van der Waals surface area contributed by atoms with Gasteiger partial charge >= 0.3 is 0 Å². The molecule has 1 fully saturated rings. The Labute approximate surface area is 163 Å². The fourth-order valence-electron chi connectivity index (χ4n) is 2.84. The van der Waals surface area contributed by atoms with Crippen molar-refractivity contribution in [1.82, 2.24) is 10.2 Å². The smallest absolute Gasteiger partial charge is 0.227 e. The van der Waals surface area contributed by atoms with Crippen molar-refractivity contribution in [2.45, 2.75) is 26.7 Å². The summed E-state index contributed by atoms with van der Waals surface area (Å²) in [4.78, 5) is 14.7. The second kappa shape index (κ2) is 13.2. The zero-order chi connectivity index (χ0) is 16.5. The fourth-order valence-corrected chi connectivity index (χ4v) is 2.84. The van der Waals surface area contributed by atoms with E-state index in [0.29, 0.717) is 6.61 Å². The number of rotatable bonds is 8. The first kappa shape index (κ1) is 24.0. The number of ether oxygens (including phenoxy) is 1. The van der Waals surface area contributed by atoms with Crippen LogP contribution in [0.1, 0.15) is 26.7 Å². The van der Waals surface area contributed by atoms with Crippen LogP contribution in [0.4, 0.5) is 5.69 Å². The minimum Gasteiger partial charge on any atom is -0.490 e. The molecule has 1 aromatic carbocycles. The van der Waals surface area contributed by atoms with E-state index in [0.717, 1.165) is 57.0 Å². The van der Waals surface area contributed by atoms with E-state index in [1.165, 1.54) is 0 Å². The number of piperidine rings is 1. The Kier molecular flexibility index (Phi) is 12.7. The lowest BCUT2D eigenvalue weighted by Crippen LogP contribution is -2.34. The number of carbonyl (C=O) groups excluding carboxylic acids is 1. The van der Waals surface area contributed by atoms with E-state index in [1.54, 1.807) is 0 Å². The number of anilines is 1. The Morgan fingerprint density at radius 1 is 1.20 bits per heavy atom. The van der Waals surface area contributed by atoms with Gasteiger partial charge in [0.05, 0.1) is 5.69 Å². The molecule has 1 aliphatic rings. The van der Waals surface area contributed by atoms with Crippen molar-refractivity contribution in [1.29, 1.82) is 0 Å². The number of likely N-dealkylation sites (N-methyl/N-ethyl adjacent to an activating group) is 1. The molecule has 144 valence electrons. The lowest BCUT2D eigenvalue weighted by Gasteiger charge is -2.23. The highest BCUT2D eigenvalue weighted by molar-refractivity contribution is 5.94. The van der Waals surface area contributed by atoms with Crippen LogP contribution in [0.15, 0.2) is 24.3 Å². The number of carbonyl (C=O) groups is 1. The van der Waals surface area contributed by atoms with Crippen molar-refractivity contribution in [3.63, 3.8) is 0 Å². The molecule has 0 unspecified atom stereocenters. The third-order valence-electron chi connectivity index (χ3n) is 4.41. The molecule has 5 nitrogen and oxygen atoms in total. The van der Waals surface area contributed by atoms with Crippen LogP contribution in [0.25, 0.3) is 0 Å². The summed E-state index contributed by atoms with van der Waals surface area (Å²) < 4.78 is 5.89. The molecule has 1 saturated heterocycles. The second-order valence-electron chi connectivity index (χ2n) is 5.89. The molecular formula is C18H31Cl2N3O2. The molecule has 1 heterocycles. The van der Waals surface area contributed by atoms with Crippen LogP contribution in [-0.4, -0.2) is 50.1 Å². The maximum absolute atomic E-state index is 12.4. The molecule has 0 aliphatic carbocycles. The Morgan fingerprint density at radius 2 is 1.84 bits per heavy atom. The summed E-state index contributed by atoms with van der Waals surface area (Å²) in [5, 5.41) is 6.33. The zero-order valence-electron chi connectivity index (χ0n) is 15.1. The number of benzene rings is 1. The Balaban J connectivity index is 0.00000288. The number of para-hydroxylation sites is 2. The molecule has 0 spiro atoms. The molecule has 25 heavy (non-hydrogen) atoms. The quantitative estimate of drug-likeness (QED) is 0.714. The molecule has 1 aromatic rings. The third kappa shape index (κ3) is 7.82. The van der Waals surface area contributed by atoms with Gasteiger partial charge in [0.15, 0.2) is 0 Å². The van der Waals surface area contributed by atoms with E-state index in [2.05, 4.69) is 29.4 Å². The van der Waals surface area contributed by atoms with Gasteiger partial charge in [-0.2, -0.15) is 0 Å². The molecule has 0 radical (unpaired) electrons. The molecule has 1 aliphatic heterocycles. The van der Waals surface area contributed by atoms with Crippen LogP contribution in [0.3, 0.4) is 0 Å². The lowest BCUT2D eigenvalue weighted by atomic mass is 9.97. The molecule has 0 atom stereocenters. The van der Waals surface area contributed by atoms with Gasteiger partial charge in [0.25, 0.3) is 0 Å². The van der Waals surface area contributed by atoms with Crippen LogP contribution < -0.4 is 15.4 Å². The topological polar surface area (TPSA) is 53.6 Å². The van der Waals surface area contributed by atoms with Crippen molar-refractivity contribution in [3.05, 3.63) is 24.3 Å². The number of hydrogen-bond donors (Lipinski definition) is 2. The molecule has 7 heteroatoms. The predicted octanol–water partition coefficient (Wildman–Crippen LogP) is 3.19. The van der Waals surface area contributed by atoms with Gasteiger partial charge in [0.1, 0.15) is 12.4 Å². The van der Waals surface area contributed by atoms with Crippen molar-refractivity contribution in [2.24, 2.45) is 5.92 Å². The van der Waals surface area contributed by atoms with E-state index in [1.807, 2.05) is 24.3 Å². The summed E-state index contributed by atoms with van der Waals surface area (Å²) in [7, 11) is 0. The van der Waals surface area contributed by atoms with E-state index >= 15 is 0 Å². The van der Waals surface area contributed by atoms with Crippen molar-refractivity contribution < 1.29 is 9.53 Å². The standard InChI is InChI=1S/C18H29N3O2.2ClH/c1-3-21(4-2)13-14-23-17-8-6-5-7-16(17)20-18(22)15-9-11-19-12-10-15;;/h5-8,15,19H,3-4,9-14H2,1-2H3,(H,20,22);2*1H. The molecular weight excluding hydrogens is 361 g/mol. The lowest BCUT2D eigenvalue weighted by molar-refractivity contribution is -0.120. The largest absolute Gasteiger partial charge is 0.490 e. The molecule has 2 rings (SSSR count). The van der Waals surface area contributed by atoms with Crippen molar-refractivity contribution >= 4 is 36.4 Å². The van der Waals surface area contributed by atoms with Crippen molar-refractivity contribution in [3.8, 4) is 5.75 Å². The first-order chi connectivity index (χ1) is 11.2. The van der Waals surface area contributed by atoms with Crippen LogP contribution in [0.2, 0.25) is 0 Å². The van der Waals surface area contributed by atoms with Crippen molar-refractivity contribution in [2.75, 3.05) is 44.6 Å². The highest BCUT2D eigenvalue weighted by atomic mass is 35.5. The van der Waals surface area contributed by atoms with Gasteiger partial charge in [0.2, 0.25) is 5.91 Å². The van der Waals surface area contributed by atoms with E-state index in [-0.39, 0.29) is 36.6 Å². The monoisotopic (exact) mass is 391 g/mol. The van der Waals surface area contributed by atoms with Crippen LogP contribution in [0, 0.1) is 5.92 Å². The van der Waals surface area contributed by atoms with Crippen LogP contribution >= 0.6 is 24.8 Å². The SMILES string of the molecule is CCN(CC)CCOc1ccccc1NC(=O)C1CCNCC1.Cl.Cl. The highest BCUT2D eigenvalue weighted by Crippen LogP contribution is 2.25. The molecule has 2 N–H and O–H groups in total. The van der Waals surface area contributed by atoms with Gasteiger partial charge < -0.3 is 20.3 Å². The molecule has 0 aromatic heterocycles. The Bertz CT molecular complexity index is 493. The average Bonchev–Trinajstić information content (AvgIpc) is 2.61. The van der Waals surface area contributed by atoms with Gasteiger partial charge in [-0.1, -0.05) is 26.0 Å². The number of nitrogens with one attached hydrogen (secondary N) is 2. The fraction of sp³-hybridized carbons (Fsp3) is 0.611. The summed E-state index contributed by atoms with van der Waals surface area (Å²) in [5.41, 5.74) is 0.774. The summed E-state index contributed by atoms with van der Waals surface area (Å²) in [6.07, 6.45) is 1.80. The van der Waals surface area contributed by atoms with Crippen LogP contribution in [0.5, 0.6) is 5.75 Å². The maximum Gasteiger partial charge on any atom is 0.227 e. The second-order valence-corrected chi connectivity index (χ2v) is 5.89. The van der Waals surface area contributed by atoms with E-state index < -0.39 is 0 Å². The average molecular weight is 392 g/mol. The highest BCUT2D eigenvalue weighted by Gasteiger charge is 2.21. The Morgan fingerprint density at radius 3 is 2.48 bits per heavy atom. The number of amides is 1. The number of hydrogen-bond acceptors (Lipinski definition) is 4. The summed E-state index contributed by atoms with van der Waals surface area (Å²) in [5.74, 6) is 0.952. The minimum atomic E-state index is 0. The van der Waals surface area contributed by atoms with Gasteiger partial charge in [-0.25, -0.2) is 0 Å². The Hall–Kier alpha value is -1.01. The summed E-state index contributed by atoms with van der Waals surface area (Å²) in [6, 6.07) is 7.69. The minimum absolute atomic E-state index is 0. The zero-order valence-corrected chi connectivity index (χ0v) is 16.8. The predicted molar refractivity (Wildman–Crippen MR) is 108 cm³/mol. The van der Waals surface area contributed by atoms with Crippen LogP contribution in [-0.2, 0) is 4.79 Å². The third-order valence-corrected chi connectivity index (χ3v) is 4.41. The first-order valence-electron chi connectivity index (χ1n) is 8.70. The molecule has 0 saturated carbocycles. The first-order valence-corrected chi connectivity index (χ1v) is 8.70. The summed E-state index contributed by atoms with van der Waals surface area (Å²) >= 11 is 0. The summed E-state index contributed by atoms with van der Waals surface area (Å²) in [6.45, 7) is 9.70. The van der Waals surface area contributed by atoms with E-state index in [9.17, 15) is 4.79 Å².